The number of hydrazine groups is 1. The SMILES string of the molecule is Cc1ccccc1NC(=O)c1cccc(N2NC(=O)C3CC=CCC3C2=O)c1. The first-order chi connectivity index (χ1) is 13.5. The summed E-state index contributed by atoms with van der Waals surface area (Å²) in [5.74, 6) is -1.26. The summed E-state index contributed by atoms with van der Waals surface area (Å²) in [4.78, 5) is 38.0. The van der Waals surface area contributed by atoms with Crippen molar-refractivity contribution in [3.63, 3.8) is 0 Å². The van der Waals surface area contributed by atoms with Gasteiger partial charge in [0.05, 0.1) is 17.5 Å². The van der Waals surface area contributed by atoms with Gasteiger partial charge in [-0.2, -0.15) is 0 Å². The molecule has 0 bridgehead atoms. The first-order valence-electron chi connectivity index (χ1n) is 9.31. The van der Waals surface area contributed by atoms with Crippen molar-refractivity contribution in [1.29, 1.82) is 0 Å². The molecule has 2 aliphatic rings. The summed E-state index contributed by atoms with van der Waals surface area (Å²) in [6.45, 7) is 1.92. The number of fused-ring (bicyclic) bond motifs is 1. The van der Waals surface area contributed by atoms with E-state index in [4.69, 9.17) is 0 Å². The summed E-state index contributed by atoms with van der Waals surface area (Å²) in [6, 6.07) is 14.2. The smallest absolute Gasteiger partial charge is 0.255 e. The molecule has 2 aromatic rings. The molecule has 1 aliphatic carbocycles. The number of aryl methyl sites for hydroxylation is 1. The number of hydrogen-bond donors (Lipinski definition) is 2. The lowest BCUT2D eigenvalue weighted by molar-refractivity contribution is -0.139. The van der Waals surface area contributed by atoms with Gasteiger partial charge in [-0.3, -0.25) is 19.8 Å². The standard InChI is InChI=1S/C22H21N3O3/c1-14-7-2-5-12-19(14)23-20(26)15-8-6-9-16(13-15)25-22(28)18-11-4-3-10-17(18)21(27)24-25/h2-9,12-13,17-18H,10-11H2,1H3,(H,23,26)(H,24,27). The highest BCUT2D eigenvalue weighted by molar-refractivity contribution is 6.07. The number of carbonyl (C=O) groups is 3. The molecule has 2 atom stereocenters. The van der Waals surface area contributed by atoms with Crippen molar-refractivity contribution >= 4 is 29.1 Å². The molecule has 0 spiro atoms. The Hall–Kier alpha value is -3.41. The molecule has 0 aromatic heterocycles. The molecule has 142 valence electrons. The van der Waals surface area contributed by atoms with Crippen molar-refractivity contribution in [3.8, 4) is 0 Å². The highest BCUT2D eigenvalue weighted by Gasteiger charge is 2.42. The number of amides is 3. The zero-order chi connectivity index (χ0) is 19.7. The maximum atomic E-state index is 12.9. The molecule has 0 saturated carbocycles. The van der Waals surface area contributed by atoms with Crippen molar-refractivity contribution in [2.24, 2.45) is 11.8 Å². The molecule has 1 aliphatic heterocycles. The number of benzene rings is 2. The Morgan fingerprint density at radius 2 is 1.79 bits per heavy atom. The van der Waals surface area contributed by atoms with Gasteiger partial charge in [-0.15, -0.1) is 0 Å². The van der Waals surface area contributed by atoms with Crippen LogP contribution in [0, 0.1) is 18.8 Å². The fourth-order valence-electron chi connectivity index (χ4n) is 3.68. The summed E-state index contributed by atoms with van der Waals surface area (Å²) < 4.78 is 0. The third-order valence-corrected chi connectivity index (χ3v) is 5.29. The number of carbonyl (C=O) groups excluding carboxylic acids is 3. The van der Waals surface area contributed by atoms with Crippen LogP contribution in [-0.4, -0.2) is 17.7 Å². The normalized spacial score (nSPS) is 21.1. The number of nitrogens with zero attached hydrogens (tertiary/aromatic N) is 1. The summed E-state index contributed by atoms with van der Waals surface area (Å²) in [5.41, 5.74) is 5.27. The molecule has 2 N–H and O–H groups in total. The second kappa shape index (κ2) is 7.31. The Labute approximate surface area is 163 Å². The van der Waals surface area contributed by atoms with Gasteiger partial charge in [-0.25, -0.2) is 5.01 Å². The minimum absolute atomic E-state index is 0.148. The van der Waals surface area contributed by atoms with E-state index >= 15 is 0 Å². The first-order valence-corrected chi connectivity index (χ1v) is 9.31. The van der Waals surface area contributed by atoms with Gasteiger partial charge < -0.3 is 5.32 Å². The fourth-order valence-corrected chi connectivity index (χ4v) is 3.68. The van der Waals surface area contributed by atoms with Crippen molar-refractivity contribution < 1.29 is 14.4 Å². The number of allylic oxidation sites excluding steroid dienone is 2. The maximum absolute atomic E-state index is 12.9. The predicted molar refractivity (Wildman–Crippen MR) is 107 cm³/mol. The molecule has 4 rings (SSSR count). The van der Waals surface area contributed by atoms with E-state index < -0.39 is 0 Å². The summed E-state index contributed by atoms with van der Waals surface area (Å²) in [5, 5.41) is 4.15. The maximum Gasteiger partial charge on any atom is 0.255 e. The van der Waals surface area contributed by atoms with E-state index in [9.17, 15) is 14.4 Å². The second-order valence-corrected chi connectivity index (χ2v) is 7.12. The van der Waals surface area contributed by atoms with Crippen molar-refractivity contribution in [3.05, 3.63) is 71.8 Å². The van der Waals surface area contributed by atoms with Crippen LogP contribution in [-0.2, 0) is 9.59 Å². The molecular formula is C22H21N3O3. The first kappa shape index (κ1) is 18.0. The van der Waals surface area contributed by atoms with E-state index in [-0.39, 0.29) is 29.6 Å². The number of para-hydroxylation sites is 1. The van der Waals surface area contributed by atoms with Gasteiger partial charge >= 0.3 is 0 Å². The third kappa shape index (κ3) is 3.29. The monoisotopic (exact) mass is 375 g/mol. The second-order valence-electron chi connectivity index (χ2n) is 7.12. The quantitative estimate of drug-likeness (QED) is 0.809. The Balaban J connectivity index is 1.57. The fraction of sp³-hybridized carbons (Fsp3) is 0.227. The Morgan fingerprint density at radius 3 is 2.57 bits per heavy atom. The van der Waals surface area contributed by atoms with Crippen LogP contribution in [0.1, 0.15) is 28.8 Å². The molecule has 3 amide bonds. The van der Waals surface area contributed by atoms with Gasteiger partial charge in [0.1, 0.15) is 0 Å². The Bertz CT molecular complexity index is 982. The van der Waals surface area contributed by atoms with E-state index in [0.717, 1.165) is 11.3 Å². The van der Waals surface area contributed by atoms with Crippen LogP contribution >= 0.6 is 0 Å². The summed E-state index contributed by atoms with van der Waals surface area (Å²) >= 11 is 0. The van der Waals surface area contributed by atoms with E-state index in [0.29, 0.717) is 24.1 Å². The third-order valence-electron chi connectivity index (χ3n) is 5.29. The molecule has 28 heavy (non-hydrogen) atoms. The average molecular weight is 375 g/mol. The van der Waals surface area contributed by atoms with Gasteiger partial charge in [0.2, 0.25) is 11.8 Å². The summed E-state index contributed by atoms with van der Waals surface area (Å²) in [6.07, 6.45) is 5.03. The number of anilines is 2. The predicted octanol–water partition coefficient (Wildman–Crippen LogP) is 3.21. The molecule has 6 nitrogen and oxygen atoms in total. The molecule has 2 unspecified atom stereocenters. The lowest BCUT2D eigenvalue weighted by atomic mass is 9.80. The lowest BCUT2D eigenvalue weighted by Gasteiger charge is -2.38. The lowest BCUT2D eigenvalue weighted by Crippen LogP contribution is -2.59. The van der Waals surface area contributed by atoms with Crippen LogP contribution in [0.15, 0.2) is 60.7 Å². The van der Waals surface area contributed by atoms with Gasteiger partial charge in [-0.1, -0.05) is 36.4 Å². The topological polar surface area (TPSA) is 78.5 Å². The molecule has 1 saturated heterocycles. The average Bonchev–Trinajstić information content (AvgIpc) is 2.72. The Kier molecular flexibility index (Phi) is 4.69. The van der Waals surface area contributed by atoms with Crippen molar-refractivity contribution in [1.82, 2.24) is 5.43 Å². The molecule has 1 fully saturated rings. The minimum Gasteiger partial charge on any atom is -0.322 e. The van der Waals surface area contributed by atoms with Crippen molar-refractivity contribution in [2.45, 2.75) is 19.8 Å². The van der Waals surface area contributed by atoms with Gasteiger partial charge in [0.15, 0.2) is 0 Å². The Morgan fingerprint density at radius 1 is 1.04 bits per heavy atom. The van der Waals surface area contributed by atoms with Gasteiger partial charge in [0, 0.05) is 11.3 Å². The highest BCUT2D eigenvalue weighted by atomic mass is 16.2. The van der Waals surface area contributed by atoms with Crippen LogP contribution in [0.3, 0.4) is 0 Å². The molecule has 2 aromatic carbocycles. The van der Waals surface area contributed by atoms with E-state index in [1.54, 1.807) is 24.3 Å². The molecule has 0 radical (unpaired) electrons. The van der Waals surface area contributed by atoms with Crippen LogP contribution in [0.5, 0.6) is 0 Å². The van der Waals surface area contributed by atoms with Crippen LogP contribution in [0.25, 0.3) is 0 Å². The zero-order valence-corrected chi connectivity index (χ0v) is 15.5. The van der Waals surface area contributed by atoms with Gasteiger partial charge in [0.25, 0.3) is 5.91 Å². The molecule has 6 heteroatoms. The van der Waals surface area contributed by atoms with Crippen molar-refractivity contribution in [2.75, 3.05) is 10.3 Å². The molecule has 1 heterocycles. The van der Waals surface area contributed by atoms with E-state index in [1.165, 1.54) is 5.01 Å². The number of hydrogen-bond acceptors (Lipinski definition) is 3. The number of nitrogens with one attached hydrogen (secondary N) is 2. The van der Waals surface area contributed by atoms with Crippen LogP contribution in [0.4, 0.5) is 11.4 Å². The zero-order valence-electron chi connectivity index (χ0n) is 15.5. The molecular weight excluding hydrogens is 354 g/mol. The highest BCUT2D eigenvalue weighted by Crippen LogP contribution is 2.32. The van der Waals surface area contributed by atoms with Crippen LogP contribution in [0.2, 0.25) is 0 Å². The minimum atomic E-state index is -0.358. The van der Waals surface area contributed by atoms with Crippen LogP contribution < -0.4 is 15.8 Å². The van der Waals surface area contributed by atoms with Gasteiger partial charge in [-0.05, 0) is 49.6 Å². The van der Waals surface area contributed by atoms with E-state index in [1.807, 2.05) is 43.3 Å². The number of rotatable bonds is 3. The largest absolute Gasteiger partial charge is 0.322 e. The van der Waals surface area contributed by atoms with E-state index in [2.05, 4.69) is 10.7 Å². The summed E-state index contributed by atoms with van der Waals surface area (Å²) in [7, 11) is 0.